The average Bonchev–Trinajstić information content (AvgIpc) is 2.58. The molecule has 1 unspecified atom stereocenters. The Morgan fingerprint density at radius 1 is 1.13 bits per heavy atom. The van der Waals surface area contributed by atoms with Gasteiger partial charge in [0.25, 0.3) is 0 Å². The molecule has 1 saturated heterocycles. The third kappa shape index (κ3) is 3.59. The summed E-state index contributed by atoms with van der Waals surface area (Å²) >= 11 is 0. The Morgan fingerprint density at radius 3 is 2.61 bits per heavy atom. The van der Waals surface area contributed by atoms with Crippen molar-refractivity contribution in [1.29, 1.82) is 0 Å². The molecule has 4 heteroatoms. The van der Waals surface area contributed by atoms with Crippen LogP contribution in [0.25, 0.3) is 11.1 Å². The zero-order valence-corrected chi connectivity index (χ0v) is 12.8. The number of carbonyl (C=O) groups is 2. The molecule has 0 aromatic heterocycles. The summed E-state index contributed by atoms with van der Waals surface area (Å²) in [6, 6.07) is 14.9. The van der Waals surface area contributed by atoms with E-state index in [1.165, 1.54) is 0 Å². The zero-order valence-electron chi connectivity index (χ0n) is 12.8. The smallest absolute Gasteiger partial charge is 0.335 e. The van der Waals surface area contributed by atoms with Crippen molar-refractivity contribution in [2.75, 3.05) is 6.54 Å². The van der Waals surface area contributed by atoms with E-state index in [1.807, 2.05) is 30.3 Å². The topological polar surface area (TPSA) is 66.4 Å². The molecule has 0 spiro atoms. The molecular weight excluding hydrogens is 290 g/mol. The number of carboxylic acids is 1. The summed E-state index contributed by atoms with van der Waals surface area (Å²) in [6.45, 7) is 0.786. The summed E-state index contributed by atoms with van der Waals surface area (Å²) in [5, 5.41) is 12.0. The van der Waals surface area contributed by atoms with Crippen molar-refractivity contribution in [1.82, 2.24) is 5.32 Å². The van der Waals surface area contributed by atoms with Crippen molar-refractivity contribution in [3.05, 3.63) is 59.7 Å². The third-order valence-electron chi connectivity index (χ3n) is 4.28. The monoisotopic (exact) mass is 309 g/mol. The number of carboxylic acid groups (broad SMARTS) is 1. The lowest BCUT2D eigenvalue weighted by Crippen LogP contribution is -2.37. The molecule has 0 saturated carbocycles. The summed E-state index contributed by atoms with van der Waals surface area (Å²) in [5.41, 5.74) is 3.27. The van der Waals surface area contributed by atoms with E-state index in [0.717, 1.165) is 42.5 Å². The van der Waals surface area contributed by atoms with E-state index in [1.54, 1.807) is 18.2 Å². The molecule has 1 amide bonds. The Morgan fingerprint density at radius 2 is 1.91 bits per heavy atom. The van der Waals surface area contributed by atoms with Crippen LogP contribution in [0.1, 0.15) is 28.8 Å². The Labute approximate surface area is 135 Å². The van der Waals surface area contributed by atoms with Crippen LogP contribution >= 0.6 is 0 Å². The summed E-state index contributed by atoms with van der Waals surface area (Å²) < 4.78 is 0. The number of amides is 1. The van der Waals surface area contributed by atoms with Gasteiger partial charge in [-0.1, -0.05) is 36.4 Å². The fourth-order valence-electron chi connectivity index (χ4n) is 2.98. The lowest BCUT2D eigenvalue weighted by molar-refractivity contribution is -0.126. The highest BCUT2D eigenvalue weighted by Gasteiger charge is 2.21. The summed E-state index contributed by atoms with van der Waals surface area (Å²) in [7, 11) is 0. The van der Waals surface area contributed by atoms with Gasteiger partial charge in [-0.3, -0.25) is 4.79 Å². The Kier molecular flexibility index (Phi) is 4.42. The van der Waals surface area contributed by atoms with Crippen molar-refractivity contribution in [2.24, 2.45) is 5.92 Å². The average molecular weight is 309 g/mol. The van der Waals surface area contributed by atoms with Crippen molar-refractivity contribution < 1.29 is 14.7 Å². The van der Waals surface area contributed by atoms with Crippen LogP contribution in [-0.2, 0) is 11.2 Å². The van der Waals surface area contributed by atoms with E-state index in [9.17, 15) is 9.59 Å². The molecule has 1 fully saturated rings. The van der Waals surface area contributed by atoms with Crippen LogP contribution in [0.5, 0.6) is 0 Å². The third-order valence-corrected chi connectivity index (χ3v) is 4.28. The lowest BCUT2D eigenvalue weighted by Gasteiger charge is -2.21. The molecule has 0 aliphatic carbocycles. The highest BCUT2D eigenvalue weighted by molar-refractivity contribution is 5.89. The number of carbonyl (C=O) groups excluding carboxylic acids is 1. The minimum Gasteiger partial charge on any atom is -0.478 e. The van der Waals surface area contributed by atoms with Crippen molar-refractivity contribution >= 4 is 11.9 Å². The van der Waals surface area contributed by atoms with Crippen LogP contribution < -0.4 is 5.32 Å². The first kappa shape index (κ1) is 15.3. The van der Waals surface area contributed by atoms with Gasteiger partial charge in [0.2, 0.25) is 5.91 Å². The van der Waals surface area contributed by atoms with Gasteiger partial charge < -0.3 is 10.4 Å². The second-order valence-corrected chi connectivity index (χ2v) is 5.92. The fraction of sp³-hybridized carbons (Fsp3) is 0.263. The van der Waals surface area contributed by atoms with Crippen LogP contribution in [0.3, 0.4) is 0 Å². The molecule has 4 nitrogen and oxygen atoms in total. The molecule has 1 aliphatic heterocycles. The van der Waals surface area contributed by atoms with E-state index in [-0.39, 0.29) is 17.4 Å². The van der Waals surface area contributed by atoms with Crippen molar-refractivity contribution in [2.45, 2.75) is 19.3 Å². The normalized spacial score (nSPS) is 17.6. The number of piperidine rings is 1. The van der Waals surface area contributed by atoms with Crippen LogP contribution in [0.2, 0.25) is 0 Å². The maximum atomic E-state index is 11.8. The summed E-state index contributed by atoms with van der Waals surface area (Å²) in [4.78, 5) is 22.9. The van der Waals surface area contributed by atoms with Gasteiger partial charge in [-0.15, -0.1) is 0 Å². The number of hydrogen-bond acceptors (Lipinski definition) is 2. The molecule has 3 rings (SSSR count). The van der Waals surface area contributed by atoms with E-state index < -0.39 is 5.97 Å². The predicted molar refractivity (Wildman–Crippen MR) is 88.3 cm³/mol. The molecule has 1 heterocycles. The number of aromatic carboxylic acids is 1. The molecular formula is C19H19NO3. The van der Waals surface area contributed by atoms with Crippen LogP contribution in [0, 0.1) is 5.92 Å². The van der Waals surface area contributed by atoms with Crippen LogP contribution in [-0.4, -0.2) is 23.5 Å². The molecule has 23 heavy (non-hydrogen) atoms. The van der Waals surface area contributed by atoms with E-state index in [0.29, 0.717) is 0 Å². The Bertz CT molecular complexity index is 722. The van der Waals surface area contributed by atoms with Gasteiger partial charge in [-0.05, 0) is 48.1 Å². The SMILES string of the molecule is O=C(O)c1cccc(-c2ccc(CC3CCCNC3=O)cc2)c1. The maximum Gasteiger partial charge on any atom is 0.335 e. The number of rotatable bonds is 4. The first-order chi connectivity index (χ1) is 11.1. The molecule has 2 aromatic rings. The fourth-order valence-corrected chi connectivity index (χ4v) is 2.98. The second kappa shape index (κ2) is 6.65. The number of benzene rings is 2. The highest BCUT2D eigenvalue weighted by Crippen LogP contribution is 2.23. The molecule has 118 valence electrons. The van der Waals surface area contributed by atoms with Gasteiger partial charge in [0, 0.05) is 12.5 Å². The maximum absolute atomic E-state index is 11.8. The minimum atomic E-state index is -0.924. The van der Waals surface area contributed by atoms with Crippen LogP contribution in [0.15, 0.2) is 48.5 Å². The van der Waals surface area contributed by atoms with Gasteiger partial charge in [0.15, 0.2) is 0 Å². The number of nitrogens with one attached hydrogen (secondary N) is 1. The molecule has 1 atom stereocenters. The van der Waals surface area contributed by atoms with Gasteiger partial charge in [-0.25, -0.2) is 4.79 Å². The Hall–Kier alpha value is -2.62. The summed E-state index contributed by atoms with van der Waals surface area (Å²) in [6.07, 6.45) is 2.73. The van der Waals surface area contributed by atoms with Gasteiger partial charge in [0.1, 0.15) is 0 Å². The first-order valence-electron chi connectivity index (χ1n) is 7.84. The quantitative estimate of drug-likeness (QED) is 0.912. The Balaban J connectivity index is 1.75. The van der Waals surface area contributed by atoms with Gasteiger partial charge in [-0.2, -0.15) is 0 Å². The minimum absolute atomic E-state index is 0.0601. The van der Waals surface area contributed by atoms with Crippen LogP contribution in [0.4, 0.5) is 0 Å². The predicted octanol–water partition coefficient (Wildman–Crippen LogP) is 3.12. The van der Waals surface area contributed by atoms with E-state index in [2.05, 4.69) is 5.32 Å². The zero-order chi connectivity index (χ0) is 16.2. The van der Waals surface area contributed by atoms with E-state index in [4.69, 9.17) is 5.11 Å². The molecule has 0 bridgehead atoms. The highest BCUT2D eigenvalue weighted by atomic mass is 16.4. The first-order valence-corrected chi connectivity index (χ1v) is 7.84. The van der Waals surface area contributed by atoms with Crippen molar-refractivity contribution in [3.63, 3.8) is 0 Å². The van der Waals surface area contributed by atoms with Gasteiger partial charge >= 0.3 is 5.97 Å². The number of hydrogen-bond donors (Lipinski definition) is 2. The molecule has 2 N–H and O–H groups in total. The lowest BCUT2D eigenvalue weighted by atomic mass is 9.91. The standard InChI is InChI=1S/C19H19NO3/c21-18-16(5-2-10-20-18)11-13-6-8-14(9-7-13)15-3-1-4-17(12-15)19(22)23/h1,3-4,6-9,12,16H,2,5,10-11H2,(H,20,21)(H,22,23). The van der Waals surface area contributed by atoms with Gasteiger partial charge in [0.05, 0.1) is 5.56 Å². The molecule has 0 radical (unpaired) electrons. The molecule has 1 aliphatic rings. The summed E-state index contributed by atoms with van der Waals surface area (Å²) in [5.74, 6) is -0.716. The second-order valence-electron chi connectivity index (χ2n) is 5.92. The largest absolute Gasteiger partial charge is 0.478 e. The van der Waals surface area contributed by atoms with E-state index >= 15 is 0 Å². The molecule has 2 aromatic carbocycles. The van der Waals surface area contributed by atoms with Crippen molar-refractivity contribution in [3.8, 4) is 11.1 Å².